The molecule has 0 atom stereocenters. The quantitative estimate of drug-likeness (QED) is 0.807. The molecule has 2 amide bonds. The lowest BCUT2D eigenvalue weighted by molar-refractivity contribution is -0.141. The van der Waals surface area contributed by atoms with Crippen molar-refractivity contribution in [2.24, 2.45) is 5.41 Å². The highest BCUT2D eigenvalue weighted by atomic mass is 16.2. The highest BCUT2D eigenvalue weighted by Crippen LogP contribution is 2.39. The molecule has 0 bridgehead atoms. The van der Waals surface area contributed by atoms with E-state index in [2.05, 4.69) is 24.1 Å². The highest BCUT2D eigenvalue weighted by molar-refractivity contribution is 5.94. The normalized spacial score (nSPS) is 29.5. The molecule has 4 heteroatoms. The van der Waals surface area contributed by atoms with Crippen LogP contribution in [0.1, 0.15) is 71.6 Å². The van der Waals surface area contributed by atoms with Crippen LogP contribution in [0.25, 0.3) is 0 Å². The summed E-state index contributed by atoms with van der Waals surface area (Å²) in [5.74, 6) is 0.263. The molecule has 3 aliphatic rings. The van der Waals surface area contributed by atoms with E-state index in [9.17, 15) is 9.59 Å². The van der Waals surface area contributed by atoms with Gasteiger partial charge in [-0.1, -0.05) is 26.7 Å². The van der Waals surface area contributed by atoms with Gasteiger partial charge in [0.2, 0.25) is 11.8 Å². The molecule has 2 saturated carbocycles. The molecule has 0 radical (unpaired) electrons. The predicted octanol–water partition coefficient (Wildman–Crippen LogP) is 2.62. The van der Waals surface area contributed by atoms with Crippen LogP contribution in [0.2, 0.25) is 0 Å². The minimum absolute atomic E-state index is 0.0592. The number of carbonyl (C=O) groups excluding carboxylic acids is 2. The number of carbonyl (C=O) groups is 2. The molecule has 1 N–H and O–H groups in total. The van der Waals surface area contributed by atoms with Gasteiger partial charge in [-0.05, 0) is 43.9 Å². The van der Waals surface area contributed by atoms with Crippen LogP contribution in [0.5, 0.6) is 0 Å². The van der Waals surface area contributed by atoms with E-state index >= 15 is 0 Å². The monoisotopic (exact) mass is 292 g/mol. The van der Waals surface area contributed by atoms with Crippen molar-refractivity contribution in [1.29, 1.82) is 0 Å². The summed E-state index contributed by atoms with van der Waals surface area (Å²) in [5, 5.41) is 3.06. The molecule has 2 aliphatic carbocycles. The van der Waals surface area contributed by atoms with Gasteiger partial charge in [0.1, 0.15) is 5.54 Å². The maximum atomic E-state index is 13.1. The van der Waals surface area contributed by atoms with Gasteiger partial charge in [-0.3, -0.25) is 9.59 Å². The Morgan fingerprint density at radius 1 is 1.05 bits per heavy atom. The predicted molar refractivity (Wildman–Crippen MR) is 81.7 cm³/mol. The molecule has 0 unspecified atom stereocenters. The molecule has 0 aromatic rings. The Balaban J connectivity index is 1.78. The first-order valence-electron chi connectivity index (χ1n) is 8.54. The van der Waals surface area contributed by atoms with Crippen LogP contribution in [-0.2, 0) is 9.59 Å². The van der Waals surface area contributed by atoms with Crippen molar-refractivity contribution >= 4 is 11.8 Å². The zero-order valence-electron chi connectivity index (χ0n) is 13.4. The first kappa shape index (κ1) is 14.9. The number of hydrogen-bond acceptors (Lipinski definition) is 2. The number of hydrogen-bond donors (Lipinski definition) is 1. The molecule has 1 heterocycles. The first-order valence-corrected chi connectivity index (χ1v) is 8.54. The van der Waals surface area contributed by atoms with Crippen molar-refractivity contribution < 1.29 is 9.59 Å². The van der Waals surface area contributed by atoms with Crippen molar-refractivity contribution in [3.8, 4) is 0 Å². The smallest absolute Gasteiger partial charge is 0.248 e. The minimum Gasteiger partial charge on any atom is -0.342 e. The molecule has 4 nitrogen and oxygen atoms in total. The molecule has 3 rings (SSSR count). The van der Waals surface area contributed by atoms with Crippen molar-refractivity contribution in [3.63, 3.8) is 0 Å². The average Bonchev–Trinajstić information content (AvgIpc) is 2.85. The van der Waals surface area contributed by atoms with Gasteiger partial charge in [-0.25, -0.2) is 0 Å². The molecule has 1 saturated heterocycles. The van der Waals surface area contributed by atoms with E-state index in [0.717, 1.165) is 38.5 Å². The Morgan fingerprint density at radius 3 is 2.29 bits per heavy atom. The van der Waals surface area contributed by atoms with E-state index in [-0.39, 0.29) is 11.8 Å². The standard InChI is InChI=1S/C17H28N2O2/c1-16(2)10-5-13(6-11-16)19-12-7-14(20)18-17(15(19)21)8-3-4-9-17/h13H,3-12H2,1-2H3,(H,18,20). The average molecular weight is 292 g/mol. The summed E-state index contributed by atoms with van der Waals surface area (Å²) in [5.41, 5.74) is -0.162. The molecule has 1 aliphatic heterocycles. The molecule has 0 aromatic heterocycles. The van der Waals surface area contributed by atoms with Gasteiger partial charge in [0.05, 0.1) is 0 Å². The van der Waals surface area contributed by atoms with Crippen LogP contribution in [0.4, 0.5) is 0 Å². The van der Waals surface area contributed by atoms with E-state index < -0.39 is 5.54 Å². The molecule has 3 fully saturated rings. The summed E-state index contributed by atoms with van der Waals surface area (Å²) in [6, 6.07) is 0.343. The van der Waals surface area contributed by atoms with E-state index in [0.29, 0.717) is 24.4 Å². The van der Waals surface area contributed by atoms with Crippen LogP contribution in [0.3, 0.4) is 0 Å². The second kappa shape index (κ2) is 5.29. The third-order valence-electron chi connectivity index (χ3n) is 5.84. The lowest BCUT2D eigenvalue weighted by atomic mass is 9.75. The molecule has 21 heavy (non-hydrogen) atoms. The van der Waals surface area contributed by atoms with Gasteiger partial charge in [0, 0.05) is 19.0 Å². The fourth-order valence-electron chi connectivity index (χ4n) is 4.34. The Kier molecular flexibility index (Phi) is 3.74. The Morgan fingerprint density at radius 2 is 1.67 bits per heavy atom. The highest BCUT2D eigenvalue weighted by Gasteiger charge is 2.48. The maximum absolute atomic E-state index is 13.1. The van der Waals surface area contributed by atoms with Crippen LogP contribution in [-0.4, -0.2) is 34.8 Å². The molecule has 118 valence electrons. The van der Waals surface area contributed by atoms with Gasteiger partial charge in [0.15, 0.2) is 0 Å². The van der Waals surface area contributed by atoms with Crippen molar-refractivity contribution in [3.05, 3.63) is 0 Å². The van der Waals surface area contributed by atoms with Gasteiger partial charge in [0.25, 0.3) is 0 Å². The lowest BCUT2D eigenvalue weighted by Gasteiger charge is -2.42. The molecule has 0 aromatic carbocycles. The number of nitrogens with one attached hydrogen (secondary N) is 1. The van der Waals surface area contributed by atoms with Crippen molar-refractivity contribution in [2.75, 3.05) is 6.54 Å². The summed E-state index contributed by atoms with van der Waals surface area (Å²) < 4.78 is 0. The molecule has 1 spiro atoms. The van der Waals surface area contributed by atoms with Gasteiger partial charge < -0.3 is 10.2 Å². The first-order chi connectivity index (χ1) is 9.92. The van der Waals surface area contributed by atoms with Crippen molar-refractivity contribution in [1.82, 2.24) is 10.2 Å². The van der Waals surface area contributed by atoms with Crippen molar-refractivity contribution in [2.45, 2.75) is 83.2 Å². The zero-order valence-corrected chi connectivity index (χ0v) is 13.4. The maximum Gasteiger partial charge on any atom is 0.248 e. The van der Waals surface area contributed by atoms with Gasteiger partial charge in [-0.2, -0.15) is 0 Å². The fraction of sp³-hybridized carbons (Fsp3) is 0.882. The topological polar surface area (TPSA) is 49.4 Å². The molecular formula is C17H28N2O2. The van der Waals surface area contributed by atoms with Gasteiger partial charge in [-0.15, -0.1) is 0 Å². The minimum atomic E-state index is -0.569. The second-order valence-corrected chi connectivity index (χ2v) is 7.98. The zero-order chi connectivity index (χ0) is 15.1. The SMILES string of the molecule is CC1(C)CCC(N2CCC(=O)NC3(CCCC3)C2=O)CC1. The molecular weight excluding hydrogens is 264 g/mol. The largest absolute Gasteiger partial charge is 0.342 e. The third-order valence-corrected chi connectivity index (χ3v) is 5.84. The number of amides is 2. The Hall–Kier alpha value is -1.06. The fourth-order valence-corrected chi connectivity index (χ4v) is 4.34. The van der Waals surface area contributed by atoms with Gasteiger partial charge >= 0.3 is 0 Å². The lowest BCUT2D eigenvalue weighted by Crippen LogP contribution is -2.57. The summed E-state index contributed by atoms with van der Waals surface area (Å²) in [4.78, 5) is 27.2. The summed E-state index contributed by atoms with van der Waals surface area (Å²) in [7, 11) is 0. The Bertz CT molecular complexity index is 428. The number of rotatable bonds is 1. The summed E-state index contributed by atoms with van der Waals surface area (Å²) in [6.45, 7) is 5.24. The van der Waals surface area contributed by atoms with Crippen LogP contribution < -0.4 is 5.32 Å². The van der Waals surface area contributed by atoms with Crippen LogP contribution in [0.15, 0.2) is 0 Å². The second-order valence-electron chi connectivity index (χ2n) is 7.98. The third kappa shape index (κ3) is 2.82. The van der Waals surface area contributed by atoms with E-state index in [1.165, 1.54) is 12.8 Å². The van der Waals surface area contributed by atoms with Crippen LogP contribution >= 0.6 is 0 Å². The van der Waals surface area contributed by atoms with E-state index in [4.69, 9.17) is 0 Å². The summed E-state index contributed by atoms with van der Waals surface area (Å²) in [6.07, 6.45) is 8.75. The van der Waals surface area contributed by atoms with E-state index in [1.807, 2.05) is 0 Å². The van der Waals surface area contributed by atoms with E-state index in [1.54, 1.807) is 0 Å². The Labute approximate surface area is 127 Å². The number of nitrogens with zero attached hydrogens (tertiary/aromatic N) is 1. The summed E-state index contributed by atoms with van der Waals surface area (Å²) >= 11 is 0. The van der Waals surface area contributed by atoms with Crippen LogP contribution in [0, 0.1) is 5.41 Å².